The number of alkyl halides is 3. The molecule has 1 heterocycles. The lowest BCUT2D eigenvalue weighted by Gasteiger charge is -2.23. The molecule has 1 aromatic carbocycles. The summed E-state index contributed by atoms with van der Waals surface area (Å²) in [5.74, 6) is -0.0993. The van der Waals surface area contributed by atoms with Gasteiger partial charge in [0.2, 0.25) is 5.91 Å². The first-order chi connectivity index (χ1) is 12.8. The van der Waals surface area contributed by atoms with E-state index in [1.165, 1.54) is 13.2 Å². The number of halogens is 3. The fraction of sp³-hybridized carbons (Fsp3) is 0.450. The Kier molecular flexibility index (Phi) is 7.47. The van der Waals surface area contributed by atoms with Gasteiger partial charge in [0.25, 0.3) is 0 Å². The van der Waals surface area contributed by atoms with Gasteiger partial charge in [-0.15, -0.1) is 0 Å². The van der Waals surface area contributed by atoms with Crippen molar-refractivity contribution in [2.75, 3.05) is 20.3 Å². The Morgan fingerprint density at radius 3 is 2.67 bits per heavy atom. The van der Waals surface area contributed by atoms with E-state index in [1.807, 2.05) is 22.9 Å². The Bertz CT molecular complexity index is 741. The summed E-state index contributed by atoms with van der Waals surface area (Å²) in [5.41, 5.74) is 0.770. The van der Waals surface area contributed by atoms with E-state index in [2.05, 4.69) is 6.92 Å². The molecule has 0 atom stereocenters. The SMILES string of the molecule is CCCCN(Cc1cccn1Cc1cccc(C(F)(F)F)c1)C(=O)COC. The van der Waals surface area contributed by atoms with Gasteiger partial charge in [0.1, 0.15) is 6.61 Å². The van der Waals surface area contributed by atoms with Crippen LogP contribution in [-0.4, -0.2) is 35.6 Å². The largest absolute Gasteiger partial charge is 0.416 e. The van der Waals surface area contributed by atoms with E-state index >= 15 is 0 Å². The molecule has 2 aromatic rings. The highest BCUT2D eigenvalue weighted by atomic mass is 19.4. The van der Waals surface area contributed by atoms with Crippen LogP contribution < -0.4 is 0 Å². The molecular weight excluding hydrogens is 357 g/mol. The molecule has 1 aromatic heterocycles. The van der Waals surface area contributed by atoms with Crippen molar-refractivity contribution in [1.29, 1.82) is 0 Å². The summed E-state index contributed by atoms with van der Waals surface area (Å²) in [4.78, 5) is 14.0. The zero-order valence-corrected chi connectivity index (χ0v) is 15.6. The maximum absolute atomic E-state index is 12.9. The molecule has 0 aliphatic heterocycles. The number of benzene rings is 1. The van der Waals surface area contributed by atoms with Gasteiger partial charge < -0.3 is 14.2 Å². The average molecular weight is 382 g/mol. The highest BCUT2D eigenvalue weighted by molar-refractivity contribution is 5.77. The molecule has 0 unspecified atom stereocenters. The maximum atomic E-state index is 12.9. The molecule has 0 saturated carbocycles. The number of carbonyl (C=O) groups excluding carboxylic acids is 1. The second-order valence-electron chi connectivity index (χ2n) is 6.43. The van der Waals surface area contributed by atoms with Crippen LogP contribution in [0.3, 0.4) is 0 Å². The van der Waals surface area contributed by atoms with E-state index in [1.54, 1.807) is 11.0 Å². The Morgan fingerprint density at radius 1 is 1.22 bits per heavy atom. The van der Waals surface area contributed by atoms with Crippen LogP contribution in [0.5, 0.6) is 0 Å². The fourth-order valence-electron chi connectivity index (χ4n) is 2.84. The molecule has 0 spiro atoms. The van der Waals surface area contributed by atoms with Crippen LogP contribution in [0, 0.1) is 0 Å². The van der Waals surface area contributed by atoms with Gasteiger partial charge in [0.05, 0.1) is 12.1 Å². The van der Waals surface area contributed by atoms with Crippen molar-refractivity contribution < 1.29 is 22.7 Å². The lowest BCUT2D eigenvalue weighted by Crippen LogP contribution is -2.34. The molecule has 0 aliphatic rings. The lowest BCUT2D eigenvalue weighted by molar-refractivity contribution is -0.138. The number of carbonyl (C=O) groups is 1. The number of ether oxygens (including phenoxy) is 1. The van der Waals surface area contributed by atoms with Crippen molar-refractivity contribution in [2.45, 2.75) is 39.0 Å². The Morgan fingerprint density at radius 2 is 2.00 bits per heavy atom. The molecule has 0 radical (unpaired) electrons. The Hall–Kier alpha value is -2.28. The minimum absolute atomic E-state index is 0.0120. The van der Waals surface area contributed by atoms with Crippen molar-refractivity contribution in [3.8, 4) is 0 Å². The lowest BCUT2D eigenvalue weighted by atomic mass is 10.1. The Balaban J connectivity index is 2.15. The summed E-state index contributed by atoms with van der Waals surface area (Å²) in [6.45, 7) is 3.39. The standard InChI is InChI=1S/C20H25F3N2O2/c1-3-4-10-25(19(26)15-27-2)14-18-9-6-11-24(18)13-16-7-5-8-17(12-16)20(21,22)23/h5-9,11-12H,3-4,10,13-15H2,1-2H3. The third-order valence-corrected chi connectivity index (χ3v) is 4.29. The number of nitrogens with zero attached hydrogens (tertiary/aromatic N) is 2. The molecule has 0 fully saturated rings. The third kappa shape index (κ3) is 6.13. The van der Waals surface area contributed by atoms with Crippen LogP contribution >= 0.6 is 0 Å². The molecule has 1 amide bonds. The minimum Gasteiger partial charge on any atom is -0.375 e. The number of hydrogen-bond donors (Lipinski definition) is 0. The predicted octanol–water partition coefficient (Wildman–Crippen LogP) is 4.33. The first kappa shape index (κ1) is 21.0. The number of hydrogen-bond acceptors (Lipinski definition) is 2. The molecule has 2 rings (SSSR count). The number of methoxy groups -OCH3 is 1. The van der Waals surface area contributed by atoms with Crippen LogP contribution in [-0.2, 0) is 28.8 Å². The number of unbranched alkanes of at least 4 members (excludes halogenated alkanes) is 1. The summed E-state index contributed by atoms with van der Waals surface area (Å²) in [6, 6.07) is 9.03. The third-order valence-electron chi connectivity index (χ3n) is 4.29. The second kappa shape index (κ2) is 9.60. The van der Waals surface area contributed by atoms with Crippen molar-refractivity contribution in [1.82, 2.24) is 9.47 Å². The number of rotatable bonds is 9. The molecule has 0 saturated heterocycles. The minimum atomic E-state index is -4.36. The van der Waals surface area contributed by atoms with Crippen LogP contribution in [0.2, 0.25) is 0 Å². The van der Waals surface area contributed by atoms with Crippen LogP contribution in [0.1, 0.15) is 36.6 Å². The van der Waals surface area contributed by atoms with Crippen molar-refractivity contribution in [2.24, 2.45) is 0 Å². The summed E-state index contributed by atoms with van der Waals surface area (Å²) in [6.07, 6.45) is -0.709. The van der Waals surface area contributed by atoms with Gasteiger partial charge in [0, 0.05) is 32.1 Å². The van der Waals surface area contributed by atoms with Crippen molar-refractivity contribution in [3.63, 3.8) is 0 Å². The molecule has 7 heteroatoms. The molecule has 4 nitrogen and oxygen atoms in total. The van der Waals surface area contributed by atoms with E-state index in [9.17, 15) is 18.0 Å². The van der Waals surface area contributed by atoms with Crippen LogP contribution in [0.4, 0.5) is 13.2 Å². The van der Waals surface area contributed by atoms with E-state index in [0.29, 0.717) is 25.2 Å². The first-order valence-electron chi connectivity index (χ1n) is 8.92. The first-order valence-corrected chi connectivity index (χ1v) is 8.92. The van der Waals surface area contributed by atoms with Gasteiger partial charge in [-0.3, -0.25) is 4.79 Å². The normalized spacial score (nSPS) is 11.6. The summed E-state index contributed by atoms with van der Waals surface area (Å²) in [7, 11) is 1.48. The zero-order chi connectivity index (χ0) is 19.9. The monoisotopic (exact) mass is 382 g/mol. The highest BCUT2D eigenvalue weighted by Crippen LogP contribution is 2.29. The van der Waals surface area contributed by atoms with Crippen molar-refractivity contribution >= 4 is 5.91 Å². The summed E-state index contributed by atoms with van der Waals surface area (Å²) in [5, 5.41) is 0. The molecular formula is C20H25F3N2O2. The number of amides is 1. The molecule has 0 N–H and O–H groups in total. The zero-order valence-electron chi connectivity index (χ0n) is 15.6. The van der Waals surface area contributed by atoms with Crippen LogP contribution in [0.15, 0.2) is 42.6 Å². The van der Waals surface area contributed by atoms with Gasteiger partial charge >= 0.3 is 6.18 Å². The topological polar surface area (TPSA) is 34.5 Å². The molecule has 0 aliphatic carbocycles. The van der Waals surface area contributed by atoms with E-state index in [-0.39, 0.29) is 12.5 Å². The number of aromatic nitrogens is 1. The molecule has 148 valence electrons. The fourth-order valence-corrected chi connectivity index (χ4v) is 2.84. The average Bonchev–Trinajstić information content (AvgIpc) is 3.05. The quantitative estimate of drug-likeness (QED) is 0.647. The highest BCUT2D eigenvalue weighted by Gasteiger charge is 2.30. The van der Waals surface area contributed by atoms with Crippen LogP contribution in [0.25, 0.3) is 0 Å². The van der Waals surface area contributed by atoms with E-state index in [0.717, 1.165) is 30.7 Å². The molecule has 27 heavy (non-hydrogen) atoms. The molecule has 0 bridgehead atoms. The van der Waals surface area contributed by atoms with Gasteiger partial charge in [0.15, 0.2) is 0 Å². The summed E-state index contributed by atoms with van der Waals surface area (Å²) < 4.78 is 45.6. The van der Waals surface area contributed by atoms with Gasteiger partial charge in [-0.2, -0.15) is 13.2 Å². The Labute approximate surface area is 157 Å². The maximum Gasteiger partial charge on any atom is 0.416 e. The van der Waals surface area contributed by atoms with E-state index in [4.69, 9.17) is 4.74 Å². The van der Waals surface area contributed by atoms with Gasteiger partial charge in [-0.25, -0.2) is 0 Å². The van der Waals surface area contributed by atoms with Gasteiger partial charge in [-0.05, 0) is 36.2 Å². The van der Waals surface area contributed by atoms with Gasteiger partial charge in [-0.1, -0.05) is 25.5 Å². The summed E-state index contributed by atoms with van der Waals surface area (Å²) >= 11 is 0. The van der Waals surface area contributed by atoms with E-state index < -0.39 is 11.7 Å². The second-order valence-corrected chi connectivity index (χ2v) is 6.43. The predicted molar refractivity (Wildman–Crippen MR) is 97.2 cm³/mol. The van der Waals surface area contributed by atoms with Crippen molar-refractivity contribution in [3.05, 3.63) is 59.4 Å². The smallest absolute Gasteiger partial charge is 0.375 e.